The SMILES string of the molecule is Cc1ccnc(Cn2c(-c3ccc(C(=O)NCCCF)cc3Cl)nc3c(OC4(C)CC4)ncnc32)c1. The van der Waals surface area contributed by atoms with E-state index in [1.807, 2.05) is 30.5 Å². The standard InChI is InChI=1S/C26H26ClFN6O2/c1-16-6-11-29-18(12-16)14-34-22(19-5-4-17(13-20(19)27)24(35)30-10-3-9-28)33-21-23(34)31-15-32-25(21)36-26(2)7-8-26/h4-6,11-13,15H,3,7-10,14H2,1-2H3,(H,30,35). The molecule has 0 atom stereocenters. The summed E-state index contributed by atoms with van der Waals surface area (Å²) in [6.45, 7) is 4.23. The number of alkyl halides is 1. The van der Waals surface area contributed by atoms with Crippen LogP contribution in [0.1, 0.15) is 47.8 Å². The van der Waals surface area contributed by atoms with Crippen LogP contribution in [-0.4, -0.2) is 49.2 Å². The van der Waals surface area contributed by atoms with Crippen LogP contribution in [-0.2, 0) is 6.54 Å². The molecule has 1 aliphatic carbocycles. The minimum absolute atomic E-state index is 0.238. The first-order valence-electron chi connectivity index (χ1n) is 11.8. The number of aromatic nitrogens is 5. The summed E-state index contributed by atoms with van der Waals surface area (Å²) < 4.78 is 20.5. The molecule has 36 heavy (non-hydrogen) atoms. The number of fused-ring (bicyclic) bond motifs is 1. The van der Waals surface area contributed by atoms with Crippen molar-refractivity contribution in [3.05, 3.63) is 64.7 Å². The first-order valence-corrected chi connectivity index (χ1v) is 12.2. The molecule has 1 amide bonds. The summed E-state index contributed by atoms with van der Waals surface area (Å²) >= 11 is 6.68. The van der Waals surface area contributed by atoms with Gasteiger partial charge in [-0.25, -0.2) is 9.97 Å². The number of imidazole rings is 1. The van der Waals surface area contributed by atoms with Crippen LogP contribution in [0.3, 0.4) is 0 Å². The molecule has 0 radical (unpaired) electrons. The maximum atomic E-state index is 12.4. The van der Waals surface area contributed by atoms with Gasteiger partial charge in [0.2, 0.25) is 5.88 Å². The van der Waals surface area contributed by atoms with Gasteiger partial charge in [0.15, 0.2) is 11.2 Å². The Balaban J connectivity index is 1.58. The predicted molar refractivity (Wildman–Crippen MR) is 135 cm³/mol. The van der Waals surface area contributed by atoms with E-state index in [2.05, 4.69) is 20.3 Å². The number of nitrogens with one attached hydrogen (secondary N) is 1. The van der Waals surface area contributed by atoms with E-state index in [9.17, 15) is 9.18 Å². The number of amides is 1. The third-order valence-electron chi connectivity index (χ3n) is 6.16. The molecule has 10 heteroatoms. The third-order valence-corrected chi connectivity index (χ3v) is 6.47. The predicted octanol–water partition coefficient (Wildman–Crippen LogP) is 4.92. The second kappa shape index (κ2) is 9.81. The van der Waals surface area contributed by atoms with Gasteiger partial charge >= 0.3 is 0 Å². The number of carbonyl (C=O) groups is 1. The second-order valence-corrected chi connectivity index (χ2v) is 9.65. The number of halogens is 2. The maximum absolute atomic E-state index is 12.4. The highest BCUT2D eigenvalue weighted by Crippen LogP contribution is 2.41. The van der Waals surface area contributed by atoms with Crippen molar-refractivity contribution < 1.29 is 13.9 Å². The molecule has 8 nitrogen and oxygen atoms in total. The molecule has 4 aromatic rings. The monoisotopic (exact) mass is 508 g/mol. The first-order chi connectivity index (χ1) is 17.4. The van der Waals surface area contributed by atoms with E-state index >= 15 is 0 Å². The number of pyridine rings is 1. The Morgan fingerprint density at radius 2 is 2.06 bits per heavy atom. The van der Waals surface area contributed by atoms with Crippen molar-refractivity contribution in [3.63, 3.8) is 0 Å². The van der Waals surface area contributed by atoms with Crippen LogP contribution >= 0.6 is 11.6 Å². The molecule has 1 saturated carbocycles. The Labute approximate surface area is 212 Å². The van der Waals surface area contributed by atoms with Crippen LogP contribution < -0.4 is 10.1 Å². The summed E-state index contributed by atoms with van der Waals surface area (Å²) in [4.78, 5) is 30.7. The smallest absolute Gasteiger partial charge is 0.251 e. The van der Waals surface area contributed by atoms with Crippen molar-refractivity contribution in [2.24, 2.45) is 0 Å². The van der Waals surface area contributed by atoms with Gasteiger partial charge < -0.3 is 14.6 Å². The van der Waals surface area contributed by atoms with E-state index < -0.39 is 6.67 Å². The summed E-state index contributed by atoms with van der Waals surface area (Å²) in [6, 6.07) is 8.96. The molecule has 0 spiro atoms. The van der Waals surface area contributed by atoms with Crippen LogP contribution in [0.25, 0.3) is 22.6 Å². The molecule has 1 N–H and O–H groups in total. The summed E-state index contributed by atoms with van der Waals surface area (Å²) in [7, 11) is 0. The van der Waals surface area contributed by atoms with Crippen LogP contribution in [0, 0.1) is 6.92 Å². The molecule has 1 aromatic carbocycles. The van der Waals surface area contributed by atoms with Crippen molar-refractivity contribution in [3.8, 4) is 17.3 Å². The summed E-state index contributed by atoms with van der Waals surface area (Å²) in [6.07, 6.45) is 5.42. The molecule has 3 heterocycles. The number of hydrogen-bond acceptors (Lipinski definition) is 6. The average Bonchev–Trinajstić information content (AvgIpc) is 3.47. The topological polar surface area (TPSA) is 94.8 Å². The van der Waals surface area contributed by atoms with Gasteiger partial charge in [0.25, 0.3) is 5.91 Å². The van der Waals surface area contributed by atoms with E-state index in [0.29, 0.717) is 45.6 Å². The molecule has 186 valence electrons. The molecule has 0 saturated heterocycles. The van der Waals surface area contributed by atoms with Crippen molar-refractivity contribution in [1.29, 1.82) is 0 Å². The maximum Gasteiger partial charge on any atom is 0.251 e. The third kappa shape index (κ3) is 5.02. The lowest BCUT2D eigenvalue weighted by molar-refractivity contribution is 0.0952. The van der Waals surface area contributed by atoms with E-state index in [0.717, 1.165) is 24.1 Å². The fourth-order valence-corrected chi connectivity index (χ4v) is 4.18. The summed E-state index contributed by atoms with van der Waals surface area (Å²) in [5.74, 6) is 0.680. The molecular weight excluding hydrogens is 483 g/mol. The fraction of sp³-hybridized carbons (Fsp3) is 0.346. The average molecular weight is 509 g/mol. The van der Waals surface area contributed by atoms with Crippen LogP contribution in [0.2, 0.25) is 5.02 Å². The highest BCUT2D eigenvalue weighted by molar-refractivity contribution is 6.33. The minimum Gasteiger partial charge on any atom is -0.470 e. The zero-order valence-electron chi connectivity index (χ0n) is 20.1. The number of nitrogens with zero attached hydrogens (tertiary/aromatic N) is 5. The molecular formula is C26H26ClFN6O2. The van der Waals surface area contributed by atoms with Gasteiger partial charge in [0.05, 0.1) is 23.9 Å². The molecule has 1 fully saturated rings. The Hall–Kier alpha value is -3.59. The van der Waals surface area contributed by atoms with Crippen LogP contribution in [0.15, 0.2) is 42.9 Å². The molecule has 3 aromatic heterocycles. The van der Waals surface area contributed by atoms with Crippen molar-refractivity contribution in [2.75, 3.05) is 13.2 Å². The normalized spacial score (nSPS) is 14.1. The van der Waals surface area contributed by atoms with Crippen molar-refractivity contribution in [2.45, 2.75) is 45.3 Å². The molecule has 0 aliphatic heterocycles. The van der Waals surface area contributed by atoms with Gasteiger partial charge in [-0.15, -0.1) is 0 Å². The van der Waals surface area contributed by atoms with Gasteiger partial charge in [0.1, 0.15) is 17.8 Å². The Kier molecular flexibility index (Phi) is 6.57. The largest absolute Gasteiger partial charge is 0.470 e. The van der Waals surface area contributed by atoms with Gasteiger partial charge in [-0.3, -0.25) is 14.2 Å². The lowest BCUT2D eigenvalue weighted by Gasteiger charge is -2.12. The number of aryl methyl sites for hydroxylation is 1. The summed E-state index contributed by atoms with van der Waals surface area (Å²) in [5.41, 5.74) is 3.85. The van der Waals surface area contributed by atoms with E-state index in [1.54, 1.807) is 24.4 Å². The van der Waals surface area contributed by atoms with E-state index in [-0.39, 0.29) is 24.5 Å². The highest BCUT2D eigenvalue weighted by Gasteiger charge is 2.41. The van der Waals surface area contributed by atoms with Gasteiger partial charge in [-0.05, 0) is 69.0 Å². The number of hydrogen-bond donors (Lipinski definition) is 1. The van der Waals surface area contributed by atoms with Gasteiger partial charge in [0, 0.05) is 23.9 Å². The Bertz CT molecular complexity index is 1440. The quantitative estimate of drug-likeness (QED) is 0.322. The van der Waals surface area contributed by atoms with Crippen LogP contribution in [0.4, 0.5) is 4.39 Å². The number of rotatable bonds is 9. The Morgan fingerprint density at radius 1 is 1.22 bits per heavy atom. The Morgan fingerprint density at radius 3 is 2.78 bits per heavy atom. The summed E-state index contributed by atoms with van der Waals surface area (Å²) in [5, 5.41) is 3.04. The van der Waals surface area contributed by atoms with E-state index in [1.165, 1.54) is 6.33 Å². The molecule has 0 bridgehead atoms. The second-order valence-electron chi connectivity index (χ2n) is 9.24. The molecule has 0 unspecified atom stereocenters. The number of carbonyl (C=O) groups excluding carboxylic acids is 1. The molecule has 5 rings (SSSR count). The van der Waals surface area contributed by atoms with Crippen molar-refractivity contribution in [1.82, 2.24) is 29.8 Å². The van der Waals surface area contributed by atoms with E-state index in [4.69, 9.17) is 21.3 Å². The zero-order chi connectivity index (χ0) is 25.3. The number of ether oxygens (including phenoxy) is 1. The molecule has 1 aliphatic rings. The zero-order valence-corrected chi connectivity index (χ0v) is 20.8. The first kappa shape index (κ1) is 24.1. The minimum atomic E-state index is -0.486. The lowest BCUT2D eigenvalue weighted by Crippen LogP contribution is -2.24. The highest BCUT2D eigenvalue weighted by atomic mass is 35.5. The number of benzene rings is 1. The lowest BCUT2D eigenvalue weighted by atomic mass is 10.1. The van der Waals surface area contributed by atoms with Crippen molar-refractivity contribution >= 4 is 28.7 Å². The van der Waals surface area contributed by atoms with Gasteiger partial charge in [-0.1, -0.05) is 11.6 Å². The van der Waals surface area contributed by atoms with Gasteiger partial charge in [-0.2, -0.15) is 4.98 Å². The fourth-order valence-electron chi connectivity index (χ4n) is 3.91. The van der Waals surface area contributed by atoms with Crippen LogP contribution in [0.5, 0.6) is 5.88 Å².